The molecule has 1 aliphatic rings. The Morgan fingerprint density at radius 3 is 2.93 bits per heavy atom. The van der Waals surface area contributed by atoms with E-state index >= 15 is 0 Å². The average Bonchev–Trinajstić information content (AvgIpc) is 2.30. The fourth-order valence-corrected chi connectivity index (χ4v) is 2.15. The summed E-state index contributed by atoms with van der Waals surface area (Å²) in [4.78, 5) is 0. The third-order valence-electron chi connectivity index (χ3n) is 2.83. The number of hydrogen-bond donors (Lipinski definition) is 0. The fraction of sp³-hybridized carbons (Fsp3) is 0.417. The number of nitriles is 1. The minimum absolute atomic E-state index is 0.476. The van der Waals surface area contributed by atoms with Crippen molar-refractivity contribution in [3.05, 3.63) is 34.9 Å². The summed E-state index contributed by atoms with van der Waals surface area (Å²) in [5.74, 6) is 0. The van der Waals surface area contributed by atoms with Crippen molar-refractivity contribution in [1.82, 2.24) is 0 Å². The molecule has 0 unspecified atom stereocenters. The van der Waals surface area contributed by atoms with Gasteiger partial charge in [0, 0.05) is 11.6 Å². The monoisotopic (exact) mass is 221 g/mol. The minimum atomic E-state index is -0.497. The highest BCUT2D eigenvalue weighted by atomic mass is 35.5. The molecule has 78 valence electrons. The van der Waals surface area contributed by atoms with E-state index in [0.29, 0.717) is 11.6 Å². The molecular formula is C12H12ClNO. The molecule has 1 saturated heterocycles. The first-order chi connectivity index (χ1) is 7.27. The third kappa shape index (κ3) is 1.99. The molecule has 3 heteroatoms. The van der Waals surface area contributed by atoms with Crippen LogP contribution in [0, 0.1) is 11.3 Å². The quantitative estimate of drug-likeness (QED) is 0.731. The number of nitrogens with zero attached hydrogens (tertiary/aromatic N) is 1. The van der Waals surface area contributed by atoms with Gasteiger partial charge in [-0.05, 0) is 30.5 Å². The van der Waals surface area contributed by atoms with Crippen LogP contribution in [-0.2, 0) is 10.2 Å². The van der Waals surface area contributed by atoms with Gasteiger partial charge in [0.15, 0.2) is 0 Å². The van der Waals surface area contributed by atoms with Gasteiger partial charge < -0.3 is 4.74 Å². The van der Waals surface area contributed by atoms with Crippen LogP contribution < -0.4 is 0 Å². The van der Waals surface area contributed by atoms with E-state index in [4.69, 9.17) is 16.3 Å². The second-order valence-corrected chi connectivity index (χ2v) is 4.30. The van der Waals surface area contributed by atoms with Gasteiger partial charge in [-0.2, -0.15) is 5.26 Å². The minimum Gasteiger partial charge on any atom is -0.379 e. The Hall–Kier alpha value is -1.04. The van der Waals surface area contributed by atoms with Crippen molar-refractivity contribution in [3.8, 4) is 6.07 Å². The molecule has 0 aliphatic carbocycles. The summed E-state index contributed by atoms with van der Waals surface area (Å²) in [6, 6.07) is 9.89. The number of halogens is 1. The van der Waals surface area contributed by atoms with Crippen molar-refractivity contribution in [1.29, 1.82) is 5.26 Å². The maximum atomic E-state index is 9.31. The maximum Gasteiger partial charge on any atom is 0.106 e. The van der Waals surface area contributed by atoms with Crippen LogP contribution in [0.4, 0.5) is 0 Å². The molecule has 1 aromatic carbocycles. The Morgan fingerprint density at radius 2 is 2.33 bits per heavy atom. The lowest BCUT2D eigenvalue weighted by Crippen LogP contribution is -2.34. The van der Waals surface area contributed by atoms with Gasteiger partial charge in [0.2, 0.25) is 0 Å². The van der Waals surface area contributed by atoms with Gasteiger partial charge in [-0.1, -0.05) is 23.7 Å². The van der Waals surface area contributed by atoms with Crippen molar-refractivity contribution in [2.45, 2.75) is 18.3 Å². The van der Waals surface area contributed by atoms with E-state index in [1.54, 1.807) is 0 Å². The molecule has 0 bridgehead atoms. The lowest BCUT2D eigenvalue weighted by molar-refractivity contribution is 0.0563. The van der Waals surface area contributed by atoms with E-state index in [1.807, 2.05) is 24.3 Å². The largest absolute Gasteiger partial charge is 0.379 e. The van der Waals surface area contributed by atoms with E-state index in [-0.39, 0.29) is 0 Å². The van der Waals surface area contributed by atoms with Crippen molar-refractivity contribution in [3.63, 3.8) is 0 Å². The number of rotatable bonds is 1. The second kappa shape index (κ2) is 4.22. The molecule has 1 fully saturated rings. The van der Waals surface area contributed by atoms with Gasteiger partial charge in [-0.25, -0.2) is 0 Å². The molecule has 1 atom stereocenters. The van der Waals surface area contributed by atoms with Crippen molar-refractivity contribution >= 4 is 11.6 Å². The van der Waals surface area contributed by atoms with Crippen LogP contribution in [0.1, 0.15) is 18.4 Å². The van der Waals surface area contributed by atoms with Gasteiger partial charge in [0.05, 0.1) is 12.7 Å². The molecule has 0 radical (unpaired) electrons. The summed E-state index contributed by atoms with van der Waals surface area (Å²) in [5.41, 5.74) is 0.473. The molecule has 1 aliphatic heterocycles. The fourth-order valence-electron chi connectivity index (χ4n) is 1.96. The SMILES string of the molecule is N#C[C@]1(c2cccc(Cl)c2)CCCOC1. The molecule has 0 aromatic heterocycles. The molecule has 0 N–H and O–H groups in total. The smallest absolute Gasteiger partial charge is 0.106 e. The van der Waals surface area contributed by atoms with Crippen LogP contribution in [-0.4, -0.2) is 13.2 Å². The van der Waals surface area contributed by atoms with E-state index in [9.17, 15) is 5.26 Å². The van der Waals surface area contributed by atoms with Gasteiger partial charge >= 0.3 is 0 Å². The van der Waals surface area contributed by atoms with E-state index in [0.717, 1.165) is 25.0 Å². The van der Waals surface area contributed by atoms with Crippen LogP contribution in [0.25, 0.3) is 0 Å². The molecule has 15 heavy (non-hydrogen) atoms. The number of benzene rings is 1. The van der Waals surface area contributed by atoms with Crippen LogP contribution in [0.5, 0.6) is 0 Å². The molecular weight excluding hydrogens is 210 g/mol. The Kier molecular flexibility index (Phi) is 2.95. The van der Waals surface area contributed by atoms with Crippen LogP contribution in [0.3, 0.4) is 0 Å². The predicted octanol–water partition coefficient (Wildman–Crippen LogP) is 2.91. The first-order valence-electron chi connectivity index (χ1n) is 5.02. The summed E-state index contributed by atoms with van der Waals surface area (Å²) >= 11 is 5.93. The first-order valence-corrected chi connectivity index (χ1v) is 5.40. The molecule has 0 amide bonds. The molecule has 2 nitrogen and oxygen atoms in total. The topological polar surface area (TPSA) is 33.0 Å². The van der Waals surface area contributed by atoms with E-state index in [1.165, 1.54) is 0 Å². The summed E-state index contributed by atoms with van der Waals surface area (Å²) in [6.07, 6.45) is 1.78. The van der Waals surface area contributed by atoms with Crippen LogP contribution in [0.15, 0.2) is 24.3 Å². The average molecular weight is 222 g/mol. The lowest BCUT2D eigenvalue weighted by Gasteiger charge is -2.31. The highest BCUT2D eigenvalue weighted by molar-refractivity contribution is 6.30. The summed E-state index contributed by atoms with van der Waals surface area (Å²) in [6.45, 7) is 1.23. The Labute approximate surface area is 94.4 Å². The molecule has 1 heterocycles. The summed E-state index contributed by atoms with van der Waals surface area (Å²) in [5, 5.41) is 9.99. The Bertz CT molecular complexity index is 391. The van der Waals surface area contributed by atoms with Gasteiger partial charge in [-0.3, -0.25) is 0 Å². The van der Waals surface area contributed by atoms with Crippen molar-refractivity contribution in [2.75, 3.05) is 13.2 Å². The molecule has 0 spiro atoms. The second-order valence-electron chi connectivity index (χ2n) is 3.86. The highest BCUT2D eigenvalue weighted by Gasteiger charge is 2.34. The Balaban J connectivity index is 2.37. The summed E-state index contributed by atoms with van der Waals surface area (Å²) < 4.78 is 5.41. The number of hydrogen-bond acceptors (Lipinski definition) is 2. The van der Waals surface area contributed by atoms with Gasteiger partial charge in [-0.15, -0.1) is 0 Å². The van der Waals surface area contributed by atoms with Gasteiger partial charge in [0.1, 0.15) is 5.41 Å². The van der Waals surface area contributed by atoms with Crippen molar-refractivity contribution in [2.24, 2.45) is 0 Å². The molecule has 1 aromatic rings. The lowest BCUT2D eigenvalue weighted by atomic mass is 9.77. The Morgan fingerprint density at radius 1 is 1.47 bits per heavy atom. The number of ether oxygens (including phenoxy) is 1. The van der Waals surface area contributed by atoms with Crippen LogP contribution in [0.2, 0.25) is 5.02 Å². The molecule has 0 saturated carbocycles. The van der Waals surface area contributed by atoms with E-state index < -0.39 is 5.41 Å². The van der Waals surface area contributed by atoms with E-state index in [2.05, 4.69) is 6.07 Å². The normalized spacial score (nSPS) is 25.9. The zero-order valence-electron chi connectivity index (χ0n) is 8.37. The highest BCUT2D eigenvalue weighted by Crippen LogP contribution is 2.33. The van der Waals surface area contributed by atoms with Crippen LogP contribution >= 0.6 is 11.6 Å². The maximum absolute atomic E-state index is 9.31. The summed E-state index contributed by atoms with van der Waals surface area (Å²) in [7, 11) is 0. The standard InChI is InChI=1S/C12H12ClNO/c13-11-4-1-3-10(7-11)12(8-14)5-2-6-15-9-12/h1,3-4,7H,2,5-6,9H2/t12-/m1/s1. The molecule has 2 rings (SSSR count). The zero-order chi connectivity index (χ0) is 10.7. The predicted molar refractivity (Wildman–Crippen MR) is 58.8 cm³/mol. The van der Waals surface area contributed by atoms with Gasteiger partial charge in [0.25, 0.3) is 0 Å². The van der Waals surface area contributed by atoms with Crippen molar-refractivity contribution < 1.29 is 4.74 Å². The zero-order valence-corrected chi connectivity index (χ0v) is 9.13. The first kappa shape index (κ1) is 10.5. The third-order valence-corrected chi connectivity index (χ3v) is 3.07.